The smallest absolute Gasteiger partial charge is 0.0136 e. The average molecular weight is 177 g/mol. The second kappa shape index (κ2) is 2.84. The molecule has 1 nitrogen and oxygen atoms in total. The molecule has 2 bridgehead atoms. The van der Waals surface area contributed by atoms with Gasteiger partial charge in [0.2, 0.25) is 0 Å². The van der Waals surface area contributed by atoms with E-state index in [1.54, 1.807) is 6.42 Å². The Morgan fingerprint density at radius 3 is 2.54 bits per heavy atom. The minimum atomic E-state index is 0.909. The molecule has 0 aromatic rings. The number of hydrogen-bond donors (Lipinski definition) is 1. The highest BCUT2D eigenvalue weighted by Crippen LogP contribution is 2.65. The molecule has 0 spiro atoms. The van der Waals surface area contributed by atoms with Gasteiger partial charge < -0.3 is 5.32 Å². The summed E-state index contributed by atoms with van der Waals surface area (Å²) >= 11 is 0. The van der Waals surface area contributed by atoms with Gasteiger partial charge in [0.15, 0.2) is 0 Å². The number of fused-ring (bicyclic) bond motifs is 5. The molecule has 3 aliphatic rings. The van der Waals surface area contributed by atoms with Gasteiger partial charge in [0.1, 0.15) is 0 Å². The Balaban J connectivity index is 1.52. The molecule has 0 saturated heterocycles. The van der Waals surface area contributed by atoms with Crippen LogP contribution in [0.25, 0.3) is 0 Å². The molecule has 4 unspecified atom stereocenters. The first-order chi connectivity index (χ1) is 6.42. The molecule has 0 radical (unpaired) electrons. The molecule has 0 aromatic heterocycles. The first-order valence-corrected chi connectivity index (χ1v) is 5.76. The fourth-order valence-electron chi connectivity index (χ4n) is 3.95. The largest absolute Gasteiger partial charge is 0.313 e. The lowest BCUT2D eigenvalue weighted by atomic mass is 10.0. The highest BCUT2D eigenvalue weighted by Gasteiger charge is 2.64. The number of hydrogen-bond acceptors (Lipinski definition) is 1. The lowest BCUT2D eigenvalue weighted by Gasteiger charge is -2.09. The molecule has 0 aliphatic heterocycles. The molecule has 1 heteroatoms. The first kappa shape index (κ1) is 8.05. The van der Waals surface area contributed by atoms with Crippen LogP contribution in [0.15, 0.2) is 12.7 Å². The fourth-order valence-corrected chi connectivity index (χ4v) is 3.95. The van der Waals surface area contributed by atoms with Crippen LogP contribution in [-0.4, -0.2) is 12.6 Å². The zero-order valence-electron chi connectivity index (χ0n) is 8.21. The average Bonchev–Trinajstić information content (AvgIpc) is 2.58. The normalized spacial score (nSPS) is 50.6. The fraction of sp³-hybridized carbons (Fsp3) is 0.833. The molecule has 0 aromatic carbocycles. The standard InChI is InChI=1S/C12H19N/c1-2-3-6-13-12-10-8-4-5-9(7-8)11(10)12/h2,8-13H,1,3-7H2. The molecule has 72 valence electrons. The van der Waals surface area contributed by atoms with E-state index in [0.29, 0.717) is 0 Å². The zero-order valence-corrected chi connectivity index (χ0v) is 8.21. The van der Waals surface area contributed by atoms with Gasteiger partial charge in [-0.25, -0.2) is 0 Å². The van der Waals surface area contributed by atoms with E-state index >= 15 is 0 Å². The van der Waals surface area contributed by atoms with E-state index in [0.717, 1.165) is 42.7 Å². The van der Waals surface area contributed by atoms with E-state index in [2.05, 4.69) is 11.9 Å². The van der Waals surface area contributed by atoms with Gasteiger partial charge in [-0.1, -0.05) is 6.08 Å². The minimum absolute atomic E-state index is 0.909. The van der Waals surface area contributed by atoms with E-state index < -0.39 is 0 Å². The number of rotatable bonds is 4. The molecule has 1 N–H and O–H groups in total. The first-order valence-electron chi connectivity index (χ1n) is 5.76. The molecule has 3 aliphatic carbocycles. The third kappa shape index (κ3) is 1.10. The van der Waals surface area contributed by atoms with Crippen molar-refractivity contribution in [1.29, 1.82) is 0 Å². The van der Waals surface area contributed by atoms with Gasteiger partial charge in [0, 0.05) is 6.04 Å². The Bertz CT molecular complexity index is 207. The van der Waals surface area contributed by atoms with Crippen LogP contribution in [0.2, 0.25) is 0 Å². The number of nitrogens with one attached hydrogen (secondary N) is 1. The monoisotopic (exact) mass is 177 g/mol. The van der Waals surface area contributed by atoms with E-state index in [4.69, 9.17) is 0 Å². The van der Waals surface area contributed by atoms with Crippen molar-refractivity contribution in [3.63, 3.8) is 0 Å². The summed E-state index contributed by atoms with van der Waals surface area (Å²) in [7, 11) is 0. The van der Waals surface area contributed by atoms with Gasteiger partial charge in [-0.15, -0.1) is 6.58 Å². The van der Waals surface area contributed by atoms with Crippen molar-refractivity contribution in [3.8, 4) is 0 Å². The van der Waals surface area contributed by atoms with Crippen LogP contribution >= 0.6 is 0 Å². The maximum atomic E-state index is 3.75. The second-order valence-electron chi connectivity index (χ2n) is 5.05. The summed E-state index contributed by atoms with van der Waals surface area (Å²) in [5.74, 6) is 4.39. The van der Waals surface area contributed by atoms with E-state index in [9.17, 15) is 0 Å². The Labute approximate surface area is 80.6 Å². The lowest BCUT2D eigenvalue weighted by Crippen LogP contribution is -2.23. The third-order valence-corrected chi connectivity index (χ3v) is 4.46. The van der Waals surface area contributed by atoms with Crippen molar-refractivity contribution in [2.24, 2.45) is 23.7 Å². The SMILES string of the molecule is C=CCCNC1C2C3CCC(C3)C12. The van der Waals surface area contributed by atoms with Crippen LogP contribution in [0.3, 0.4) is 0 Å². The predicted octanol–water partition coefficient (Wildman–Crippen LogP) is 2.20. The van der Waals surface area contributed by atoms with Crippen LogP contribution in [0.5, 0.6) is 0 Å². The van der Waals surface area contributed by atoms with E-state index in [1.165, 1.54) is 12.8 Å². The molecule has 3 fully saturated rings. The van der Waals surface area contributed by atoms with Crippen LogP contribution in [-0.2, 0) is 0 Å². The molecular weight excluding hydrogens is 158 g/mol. The molecular formula is C12H19N. The lowest BCUT2D eigenvalue weighted by molar-refractivity contribution is 0.456. The summed E-state index contributed by atoms with van der Waals surface area (Å²) in [6.07, 6.45) is 7.77. The Morgan fingerprint density at radius 2 is 1.92 bits per heavy atom. The van der Waals surface area contributed by atoms with Gasteiger partial charge in [-0.05, 0) is 55.9 Å². The van der Waals surface area contributed by atoms with Crippen molar-refractivity contribution in [2.75, 3.05) is 6.54 Å². The Hall–Kier alpha value is -0.300. The maximum absolute atomic E-state index is 3.75. The van der Waals surface area contributed by atoms with Crippen LogP contribution < -0.4 is 5.32 Å². The summed E-state index contributed by atoms with van der Waals surface area (Å²) < 4.78 is 0. The van der Waals surface area contributed by atoms with Gasteiger partial charge in [-0.2, -0.15) is 0 Å². The van der Waals surface area contributed by atoms with Gasteiger partial charge in [0.05, 0.1) is 0 Å². The highest BCUT2D eigenvalue weighted by atomic mass is 15.0. The minimum Gasteiger partial charge on any atom is -0.313 e. The summed E-state index contributed by atoms with van der Waals surface area (Å²) in [5.41, 5.74) is 0. The van der Waals surface area contributed by atoms with Crippen molar-refractivity contribution in [3.05, 3.63) is 12.7 Å². The topological polar surface area (TPSA) is 12.0 Å². The summed E-state index contributed by atoms with van der Waals surface area (Å²) in [4.78, 5) is 0. The quantitative estimate of drug-likeness (QED) is 0.513. The van der Waals surface area contributed by atoms with Crippen LogP contribution in [0.4, 0.5) is 0 Å². The molecule has 0 amide bonds. The van der Waals surface area contributed by atoms with Crippen molar-refractivity contribution in [1.82, 2.24) is 5.32 Å². The van der Waals surface area contributed by atoms with Crippen molar-refractivity contribution < 1.29 is 0 Å². The predicted molar refractivity (Wildman–Crippen MR) is 54.4 cm³/mol. The highest BCUT2D eigenvalue weighted by molar-refractivity contribution is 5.16. The van der Waals surface area contributed by atoms with Crippen LogP contribution in [0, 0.1) is 23.7 Å². The van der Waals surface area contributed by atoms with E-state index in [1.807, 2.05) is 6.08 Å². The second-order valence-corrected chi connectivity index (χ2v) is 5.05. The Kier molecular flexibility index (Phi) is 1.76. The van der Waals surface area contributed by atoms with Crippen LogP contribution in [0.1, 0.15) is 25.7 Å². The van der Waals surface area contributed by atoms with Crippen molar-refractivity contribution in [2.45, 2.75) is 31.7 Å². The summed E-state index contributed by atoms with van der Waals surface area (Å²) in [5, 5.41) is 3.69. The molecule has 0 heterocycles. The zero-order chi connectivity index (χ0) is 8.84. The maximum Gasteiger partial charge on any atom is 0.0136 e. The summed E-state index contributed by atoms with van der Waals surface area (Å²) in [6.45, 7) is 4.91. The molecule has 3 rings (SSSR count). The molecule has 4 atom stereocenters. The van der Waals surface area contributed by atoms with Crippen molar-refractivity contribution >= 4 is 0 Å². The van der Waals surface area contributed by atoms with Gasteiger partial charge in [0.25, 0.3) is 0 Å². The van der Waals surface area contributed by atoms with E-state index in [-0.39, 0.29) is 0 Å². The summed E-state index contributed by atoms with van der Waals surface area (Å²) in [6, 6.07) is 0.909. The Morgan fingerprint density at radius 1 is 1.23 bits per heavy atom. The molecule has 13 heavy (non-hydrogen) atoms. The van der Waals surface area contributed by atoms with Gasteiger partial charge >= 0.3 is 0 Å². The van der Waals surface area contributed by atoms with Gasteiger partial charge in [-0.3, -0.25) is 0 Å². The third-order valence-electron chi connectivity index (χ3n) is 4.46. The molecule has 3 saturated carbocycles.